The van der Waals surface area contributed by atoms with Crippen molar-refractivity contribution >= 4 is 28.8 Å². The zero-order valence-corrected chi connectivity index (χ0v) is 12.8. The summed E-state index contributed by atoms with van der Waals surface area (Å²) < 4.78 is 27.1. The van der Waals surface area contributed by atoms with Crippen molar-refractivity contribution in [1.82, 2.24) is 9.97 Å². The summed E-state index contributed by atoms with van der Waals surface area (Å²) in [7, 11) is 0. The first-order chi connectivity index (χ1) is 11.5. The molecule has 3 aromatic rings. The number of anilines is 5. The second-order valence-electron chi connectivity index (χ2n) is 5.22. The van der Waals surface area contributed by atoms with Crippen molar-refractivity contribution in [3.63, 3.8) is 0 Å². The Morgan fingerprint density at radius 3 is 2.54 bits per heavy atom. The second kappa shape index (κ2) is 6.49. The predicted octanol–water partition coefficient (Wildman–Crippen LogP) is 4.13. The van der Waals surface area contributed by atoms with Gasteiger partial charge in [-0.05, 0) is 48.9 Å². The van der Waals surface area contributed by atoms with E-state index in [-0.39, 0.29) is 11.8 Å². The first-order valence-corrected chi connectivity index (χ1v) is 7.19. The van der Waals surface area contributed by atoms with E-state index in [0.29, 0.717) is 11.4 Å². The molecule has 3 rings (SSSR count). The molecule has 0 bridgehead atoms. The molecule has 2 aromatic carbocycles. The van der Waals surface area contributed by atoms with Crippen molar-refractivity contribution in [1.29, 1.82) is 0 Å². The van der Waals surface area contributed by atoms with Crippen LogP contribution < -0.4 is 16.4 Å². The van der Waals surface area contributed by atoms with Gasteiger partial charge in [0.1, 0.15) is 5.82 Å². The smallest absolute Gasteiger partial charge is 0.229 e. The van der Waals surface area contributed by atoms with Crippen LogP contribution in [0.2, 0.25) is 0 Å². The molecule has 24 heavy (non-hydrogen) atoms. The van der Waals surface area contributed by atoms with Gasteiger partial charge in [-0.2, -0.15) is 4.98 Å². The summed E-state index contributed by atoms with van der Waals surface area (Å²) in [6, 6.07) is 11.0. The lowest BCUT2D eigenvalue weighted by atomic mass is 10.2. The van der Waals surface area contributed by atoms with Gasteiger partial charge in [-0.25, -0.2) is 13.8 Å². The van der Waals surface area contributed by atoms with Gasteiger partial charge in [0.2, 0.25) is 5.95 Å². The summed E-state index contributed by atoms with van der Waals surface area (Å²) in [5.74, 6) is -0.909. The fourth-order valence-corrected chi connectivity index (χ4v) is 2.10. The largest absolute Gasteiger partial charge is 0.399 e. The lowest BCUT2D eigenvalue weighted by molar-refractivity contribution is 0.618. The van der Waals surface area contributed by atoms with E-state index < -0.39 is 11.6 Å². The van der Waals surface area contributed by atoms with Crippen molar-refractivity contribution in [2.75, 3.05) is 16.4 Å². The van der Waals surface area contributed by atoms with Crippen LogP contribution in [0.15, 0.2) is 48.7 Å². The minimum Gasteiger partial charge on any atom is -0.399 e. The fourth-order valence-electron chi connectivity index (χ4n) is 2.10. The van der Waals surface area contributed by atoms with E-state index in [1.807, 2.05) is 13.0 Å². The summed E-state index contributed by atoms with van der Waals surface area (Å²) in [4.78, 5) is 7.99. The molecule has 0 aliphatic heterocycles. The van der Waals surface area contributed by atoms with E-state index in [9.17, 15) is 8.78 Å². The molecule has 0 amide bonds. The molecule has 0 spiro atoms. The van der Waals surface area contributed by atoms with Gasteiger partial charge < -0.3 is 16.4 Å². The number of hydrogen-bond acceptors (Lipinski definition) is 5. The number of nitrogen functional groups attached to an aromatic ring is 1. The van der Waals surface area contributed by atoms with Crippen molar-refractivity contribution in [3.8, 4) is 0 Å². The third kappa shape index (κ3) is 3.57. The van der Waals surface area contributed by atoms with Crippen LogP contribution in [0, 0.1) is 18.6 Å². The van der Waals surface area contributed by atoms with Gasteiger partial charge in [0.05, 0.1) is 6.20 Å². The van der Waals surface area contributed by atoms with Crippen LogP contribution in [0.5, 0.6) is 0 Å². The first-order valence-electron chi connectivity index (χ1n) is 7.19. The van der Waals surface area contributed by atoms with Crippen LogP contribution in [0.3, 0.4) is 0 Å². The lowest BCUT2D eigenvalue weighted by Crippen LogP contribution is -2.03. The van der Waals surface area contributed by atoms with Crippen LogP contribution in [-0.4, -0.2) is 9.97 Å². The molecular formula is C17H15F2N5. The number of benzene rings is 2. The third-order valence-electron chi connectivity index (χ3n) is 3.36. The molecule has 1 aromatic heterocycles. The molecule has 0 saturated carbocycles. The SMILES string of the molecule is Cc1cc(Nc2ncc(F)c(Nc3cccc(F)c3)n2)ccc1N. The number of halogens is 2. The van der Waals surface area contributed by atoms with E-state index in [2.05, 4.69) is 20.6 Å². The molecule has 7 heteroatoms. The molecule has 0 aliphatic carbocycles. The quantitative estimate of drug-likeness (QED) is 0.628. The second-order valence-corrected chi connectivity index (χ2v) is 5.22. The summed E-state index contributed by atoms with van der Waals surface area (Å²) in [5, 5.41) is 5.71. The number of nitrogens with one attached hydrogen (secondary N) is 2. The van der Waals surface area contributed by atoms with Crippen molar-refractivity contribution in [3.05, 3.63) is 65.9 Å². The molecule has 0 fully saturated rings. The average molecular weight is 327 g/mol. The maximum absolute atomic E-state index is 13.9. The Balaban J connectivity index is 1.84. The zero-order valence-electron chi connectivity index (χ0n) is 12.8. The van der Waals surface area contributed by atoms with E-state index in [4.69, 9.17) is 5.73 Å². The molecule has 0 radical (unpaired) electrons. The first kappa shape index (κ1) is 15.7. The van der Waals surface area contributed by atoms with E-state index >= 15 is 0 Å². The topological polar surface area (TPSA) is 75.9 Å². The fraction of sp³-hybridized carbons (Fsp3) is 0.0588. The Morgan fingerprint density at radius 2 is 1.79 bits per heavy atom. The maximum Gasteiger partial charge on any atom is 0.229 e. The van der Waals surface area contributed by atoms with Gasteiger partial charge >= 0.3 is 0 Å². The van der Waals surface area contributed by atoms with Gasteiger partial charge in [0.25, 0.3) is 0 Å². The summed E-state index contributed by atoms with van der Waals surface area (Å²) in [6.07, 6.45) is 1.04. The Kier molecular flexibility index (Phi) is 4.24. The highest BCUT2D eigenvalue weighted by Gasteiger charge is 2.08. The Bertz CT molecular complexity index is 883. The van der Waals surface area contributed by atoms with Gasteiger partial charge in [0.15, 0.2) is 11.6 Å². The van der Waals surface area contributed by atoms with Crippen LogP contribution in [0.1, 0.15) is 5.56 Å². The highest BCUT2D eigenvalue weighted by atomic mass is 19.1. The third-order valence-corrected chi connectivity index (χ3v) is 3.36. The highest BCUT2D eigenvalue weighted by molar-refractivity contribution is 5.63. The minimum atomic E-state index is -0.640. The Hall–Kier alpha value is -3.22. The molecule has 1 heterocycles. The number of nitrogens with zero attached hydrogens (tertiary/aromatic N) is 2. The molecule has 0 saturated heterocycles. The van der Waals surface area contributed by atoms with Crippen molar-refractivity contribution in [2.24, 2.45) is 0 Å². The molecular weight excluding hydrogens is 312 g/mol. The molecule has 0 atom stereocenters. The summed E-state index contributed by atoms with van der Waals surface area (Å²) >= 11 is 0. The van der Waals surface area contributed by atoms with E-state index in [1.165, 1.54) is 18.2 Å². The van der Waals surface area contributed by atoms with Crippen molar-refractivity contribution in [2.45, 2.75) is 6.92 Å². The standard InChI is InChI=1S/C17H15F2N5/c1-10-7-13(5-6-15(10)20)23-17-21-9-14(19)16(24-17)22-12-4-2-3-11(18)8-12/h2-9H,20H2,1H3,(H2,21,22,23,24). The zero-order chi connectivity index (χ0) is 17.1. The lowest BCUT2D eigenvalue weighted by Gasteiger charge is -2.10. The van der Waals surface area contributed by atoms with Crippen LogP contribution in [-0.2, 0) is 0 Å². The summed E-state index contributed by atoms with van der Waals surface area (Å²) in [6.45, 7) is 1.88. The Morgan fingerprint density at radius 1 is 1.00 bits per heavy atom. The number of nitrogens with two attached hydrogens (primary N) is 1. The van der Waals surface area contributed by atoms with E-state index in [1.54, 1.807) is 18.2 Å². The van der Waals surface area contributed by atoms with Crippen LogP contribution in [0.4, 0.5) is 37.6 Å². The normalized spacial score (nSPS) is 10.5. The number of hydrogen-bond donors (Lipinski definition) is 3. The summed E-state index contributed by atoms with van der Waals surface area (Å²) in [5.41, 5.74) is 8.47. The van der Waals surface area contributed by atoms with Gasteiger partial charge in [0, 0.05) is 17.1 Å². The van der Waals surface area contributed by atoms with E-state index in [0.717, 1.165) is 17.4 Å². The number of rotatable bonds is 4. The highest BCUT2D eigenvalue weighted by Crippen LogP contribution is 2.22. The minimum absolute atomic E-state index is 0.0507. The molecule has 5 nitrogen and oxygen atoms in total. The molecule has 0 aliphatic rings. The average Bonchev–Trinajstić information content (AvgIpc) is 2.54. The van der Waals surface area contributed by atoms with Crippen molar-refractivity contribution < 1.29 is 8.78 Å². The molecule has 0 unspecified atom stereocenters. The van der Waals surface area contributed by atoms with Crippen LogP contribution in [0.25, 0.3) is 0 Å². The van der Waals surface area contributed by atoms with Gasteiger partial charge in [-0.1, -0.05) is 6.07 Å². The molecule has 4 N–H and O–H groups in total. The Labute approximate surface area is 137 Å². The maximum atomic E-state index is 13.9. The van der Waals surface area contributed by atoms with Crippen LogP contribution >= 0.6 is 0 Å². The van der Waals surface area contributed by atoms with Gasteiger partial charge in [-0.3, -0.25) is 0 Å². The predicted molar refractivity (Wildman–Crippen MR) is 90.5 cm³/mol. The number of aromatic nitrogens is 2. The molecule has 122 valence electrons. The monoisotopic (exact) mass is 327 g/mol. The number of aryl methyl sites for hydroxylation is 1. The van der Waals surface area contributed by atoms with Gasteiger partial charge in [-0.15, -0.1) is 0 Å².